The number of hydrogen-bond acceptors (Lipinski definition) is 3. The lowest BCUT2D eigenvalue weighted by Gasteiger charge is -2.18. The molecule has 0 aliphatic rings. The highest BCUT2D eigenvalue weighted by Gasteiger charge is 2.26. The number of nitrogens with zero attached hydrogens (tertiary/aromatic N) is 1. The summed E-state index contributed by atoms with van der Waals surface area (Å²) in [7, 11) is 3.94. The van der Waals surface area contributed by atoms with Gasteiger partial charge in [-0.05, 0) is 25.7 Å². The lowest BCUT2D eigenvalue weighted by Crippen LogP contribution is -2.34. The van der Waals surface area contributed by atoms with Crippen LogP contribution in [0.25, 0.3) is 22.2 Å². The molecule has 25 heavy (non-hydrogen) atoms. The Hall–Kier alpha value is -2.63. The largest absolute Gasteiger partial charge is 0.480 e. The minimum absolute atomic E-state index is 0.595. The number of fused-ring (bicyclic) bond motifs is 1. The third kappa shape index (κ3) is 3.73. The Bertz CT molecular complexity index is 856. The first kappa shape index (κ1) is 17.2. The van der Waals surface area contributed by atoms with Gasteiger partial charge < -0.3 is 15.0 Å². The van der Waals surface area contributed by atoms with Crippen molar-refractivity contribution in [2.75, 3.05) is 27.2 Å². The monoisotopic (exact) mass is 337 g/mol. The van der Waals surface area contributed by atoms with Crippen LogP contribution in [0.1, 0.15) is 11.6 Å². The Balaban J connectivity index is 2.09. The molecule has 0 amide bonds. The number of H-pyrrole nitrogens is 1. The van der Waals surface area contributed by atoms with Gasteiger partial charge in [0.1, 0.15) is 6.04 Å². The minimum atomic E-state index is -0.874. The van der Waals surface area contributed by atoms with Crippen molar-refractivity contribution in [1.29, 1.82) is 0 Å². The van der Waals surface area contributed by atoms with E-state index >= 15 is 0 Å². The van der Waals surface area contributed by atoms with Crippen LogP contribution in [-0.4, -0.2) is 48.1 Å². The van der Waals surface area contributed by atoms with Crippen LogP contribution in [0.15, 0.2) is 54.6 Å². The van der Waals surface area contributed by atoms with Crippen LogP contribution >= 0.6 is 0 Å². The fourth-order valence-corrected chi connectivity index (χ4v) is 3.04. The molecule has 3 aromatic rings. The average Bonchev–Trinajstić information content (AvgIpc) is 2.98. The zero-order valence-electron chi connectivity index (χ0n) is 14.5. The molecule has 0 saturated heterocycles. The van der Waals surface area contributed by atoms with E-state index in [4.69, 9.17) is 0 Å². The van der Waals surface area contributed by atoms with Crippen LogP contribution in [0.2, 0.25) is 0 Å². The molecule has 0 radical (unpaired) electrons. The second-order valence-corrected chi connectivity index (χ2v) is 6.35. The van der Waals surface area contributed by atoms with Gasteiger partial charge in [0.05, 0.1) is 5.69 Å². The standard InChI is InChI=1S/C20H23N3O2/c1-23(2)13-12-21-19(20(24)25)17-15-10-6-7-11-16(15)22-18(17)14-8-4-3-5-9-14/h3-11,19,21-22H,12-13H2,1-2H3,(H,24,25)/t19-/m0/s1. The number of carboxylic acid groups (broad SMARTS) is 1. The molecular formula is C20H23N3O2. The van der Waals surface area contributed by atoms with E-state index in [-0.39, 0.29) is 0 Å². The van der Waals surface area contributed by atoms with Gasteiger partial charge in [-0.15, -0.1) is 0 Å². The van der Waals surface area contributed by atoms with E-state index in [0.29, 0.717) is 6.54 Å². The normalized spacial score (nSPS) is 12.6. The van der Waals surface area contributed by atoms with Gasteiger partial charge >= 0.3 is 5.97 Å². The zero-order valence-corrected chi connectivity index (χ0v) is 14.5. The molecule has 5 nitrogen and oxygen atoms in total. The van der Waals surface area contributed by atoms with E-state index in [0.717, 1.165) is 34.3 Å². The summed E-state index contributed by atoms with van der Waals surface area (Å²) < 4.78 is 0. The Kier molecular flexibility index (Phi) is 5.16. The number of aromatic nitrogens is 1. The van der Waals surface area contributed by atoms with E-state index in [1.165, 1.54) is 0 Å². The van der Waals surface area contributed by atoms with E-state index in [2.05, 4.69) is 10.3 Å². The van der Waals surface area contributed by atoms with Gasteiger partial charge in [0.2, 0.25) is 0 Å². The number of nitrogens with one attached hydrogen (secondary N) is 2. The van der Waals surface area contributed by atoms with Gasteiger partial charge in [0.15, 0.2) is 0 Å². The van der Waals surface area contributed by atoms with E-state index in [1.54, 1.807) is 0 Å². The highest BCUT2D eigenvalue weighted by atomic mass is 16.4. The molecule has 0 saturated carbocycles. The maximum Gasteiger partial charge on any atom is 0.325 e. The van der Waals surface area contributed by atoms with Gasteiger partial charge in [-0.25, -0.2) is 0 Å². The topological polar surface area (TPSA) is 68.4 Å². The van der Waals surface area contributed by atoms with Gasteiger partial charge in [-0.2, -0.15) is 0 Å². The van der Waals surface area contributed by atoms with Crippen molar-refractivity contribution in [1.82, 2.24) is 15.2 Å². The number of hydrogen-bond donors (Lipinski definition) is 3. The number of aromatic amines is 1. The first-order valence-corrected chi connectivity index (χ1v) is 8.35. The van der Waals surface area contributed by atoms with Crippen molar-refractivity contribution < 1.29 is 9.90 Å². The lowest BCUT2D eigenvalue weighted by molar-refractivity contribution is -0.139. The maximum absolute atomic E-state index is 12.0. The summed E-state index contributed by atoms with van der Waals surface area (Å²) in [5.41, 5.74) is 3.56. The highest BCUT2D eigenvalue weighted by Crippen LogP contribution is 2.34. The number of carbonyl (C=O) groups is 1. The van der Waals surface area contributed by atoms with Crippen LogP contribution in [-0.2, 0) is 4.79 Å². The third-order valence-electron chi connectivity index (χ3n) is 4.25. The molecule has 5 heteroatoms. The number of para-hydroxylation sites is 1. The maximum atomic E-state index is 12.0. The Labute approximate surface area is 147 Å². The molecule has 130 valence electrons. The lowest BCUT2D eigenvalue weighted by atomic mass is 9.98. The van der Waals surface area contributed by atoms with Gasteiger partial charge in [0.25, 0.3) is 0 Å². The molecule has 0 fully saturated rings. The fraction of sp³-hybridized carbons (Fsp3) is 0.250. The second kappa shape index (κ2) is 7.51. The van der Waals surface area contributed by atoms with Crippen molar-refractivity contribution in [2.24, 2.45) is 0 Å². The molecule has 2 aromatic carbocycles. The zero-order chi connectivity index (χ0) is 17.8. The molecule has 3 N–H and O–H groups in total. The summed E-state index contributed by atoms with van der Waals surface area (Å²) in [6.45, 7) is 1.37. The third-order valence-corrected chi connectivity index (χ3v) is 4.25. The van der Waals surface area contributed by atoms with Crippen LogP contribution in [0.5, 0.6) is 0 Å². The number of aliphatic carboxylic acids is 1. The summed E-state index contributed by atoms with van der Waals surface area (Å²) >= 11 is 0. The molecule has 1 aromatic heterocycles. The van der Waals surface area contributed by atoms with Crippen molar-refractivity contribution in [3.05, 3.63) is 60.2 Å². The average molecular weight is 337 g/mol. The molecule has 1 heterocycles. The van der Waals surface area contributed by atoms with E-state index < -0.39 is 12.0 Å². The molecule has 0 bridgehead atoms. The van der Waals surface area contributed by atoms with E-state index in [9.17, 15) is 9.90 Å². The summed E-state index contributed by atoms with van der Waals surface area (Å²) in [5, 5.41) is 14.0. The van der Waals surface area contributed by atoms with E-state index in [1.807, 2.05) is 73.6 Å². The van der Waals surface area contributed by atoms with Crippen LogP contribution in [0.3, 0.4) is 0 Å². The summed E-state index contributed by atoms with van der Waals surface area (Å²) in [6, 6.07) is 16.9. The second-order valence-electron chi connectivity index (χ2n) is 6.35. The highest BCUT2D eigenvalue weighted by molar-refractivity contribution is 5.95. The van der Waals surface area contributed by atoms with Gasteiger partial charge in [0, 0.05) is 29.6 Å². The Morgan fingerprint density at radius 3 is 2.48 bits per heavy atom. The molecule has 0 aliphatic heterocycles. The predicted octanol–water partition coefficient (Wildman–Crippen LogP) is 3.11. The molecule has 0 aliphatic carbocycles. The smallest absolute Gasteiger partial charge is 0.325 e. The van der Waals surface area contributed by atoms with Crippen LogP contribution < -0.4 is 5.32 Å². The number of carboxylic acids is 1. The van der Waals surface area contributed by atoms with Crippen LogP contribution in [0, 0.1) is 0 Å². The van der Waals surface area contributed by atoms with Gasteiger partial charge in [-0.3, -0.25) is 10.1 Å². The van der Waals surface area contributed by atoms with Gasteiger partial charge in [-0.1, -0.05) is 48.5 Å². The molecule has 3 rings (SSSR count). The summed E-state index contributed by atoms with van der Waals surface area (Å²) in [6.07, 6.45) is 0. The molecule has 0 unspecified atom stereocenters. The van der Waals surface area contributed by atoms with Crippen molar-refractivity contribution in [3.8, 4) is 11.3 Å². The summed E-state index contributed by atoms with van der Waals surface area (Å²) in [5.74, 6) is -0.874. The number of likely N-dealkylation sites (N-methyl/N-ethyl adjacent to an activating group) is 1. The molecule has 0 spiro atoms. The Morgan fingerprint density at radius 2 is 1.80 bits per heavy atom. The molecule has 1 atom stereocenters. The predicted molar refractivity (Wildman–Crippen MR) is 101 cm³/mol. The SMILES string of the molecule is CN(C)CCN[C@H](C(=O)O)c1c(-c2ccccc2)[nH]c2ccccc12. The van der Waals surface area contributed by atoms with Crippen molar-refractivity contribution in [3.63, 3.8) is 0 Å². The van der Waals surface area contributed by atoms with Crippen molar-refractivity contribution >= 4 is 16.9 Å². The number of benzene rings is 2. The Morgan fingerprint density at radius 1 is 1.12 bits per heavy atom. The van der Waals surface area contributed by atoms with Crippen molar-refractivity contribution in [2.45, 2.75) is 6.04 Å². The number of rotatable bonds is 7. The first-order valence-electron chi connectivity index (χ1n) is 8.35. The quantitative estimate of drug-likeness (QED) is 0.620. The minimum Gasteiger partial charge on any atom is -0.480 e. The fourth-order valence-electron chi connectivity index (χ4n) is 3.04. The van der Waals surface area contributed by atoms with Crippen LogP contribution in [0.4, 0.5) is 0 Å². The first-order chi connectivity index (χ1) is 12.1. The summed E-state index contributed by atoms with van der Waals surface area (Å²) in [4.78, 5) is 17.4. The molecular weight excluding hydrogens is 314 g/mol.